The average molecular weight is 300 g/mol. The molecule has 0 saturated carbocycles. The number of fused-ring (bicyclic) bond motifs is 1. The second-order valence-electron chi connectivity index (χ2n) is 3.67. The van der Waals surface area contributed by atoms with Gasteiger partial charge in [0.1, 0.15) is 16.2 Å². The van der Waals surface area contributed by atoms with E-state index in [2.05, 4.69) is 32.0 Å². The van der Waals surface area contributed by atoms with Gasteiger partial charge in [0.15, 0.2) is 12.0 Å². The summed E-state index contributed by atoms with van der Waals surface area (Å²) >= 11 is 3.28. The molecule has 18 heavy (non-hydrogen) atoms. The van der Waals surface area contributed by atoms with Crippen LogP contribution in [0.15, 0.2) is 45.9 Å². The number of rotatable bonds is 1. The van der Waals surface area contributed by atoms with Gasteiger partial charge < -0.3 is 4.42 Å². The first-order valence-corrected chi connectivity index (χ1v) is 5.97. The van der Waals surface area contributed by atoms with Crippen molar-refractivity contribution in [2.75, 3.05) is 0 Å². The van der Waals surface area contributed by atoms with Crippen molar-refractivity contribution >= 4 is 27.0 Å². The van der Waals surface area contributed by atoms with E-state index in [-0.39, 0.29) is 0 Å². The summed E-state index contributed by atoms with van der Waals surface area (Å²) in [4.78, 5) is 8.11. The highest BCUT2D eigenvalue weighted by atomic mass is 79.9. The number of hydrogen-bond acceptors (Lipinski definition) is 4. The van der Waals surface area contributed by atoms with Crippen LogP contribution in [0.25, 0.3) is 22.2 Å². The summed E-state index contributed by atoms with van der Waals surface area (Å²) in [5.41, 5.74) is 3.72. The molecule has 2 aromatic heterocycles. The fraction of sp³-hybridized carbons (Fsp3) is 0. The van der Waals surface area contributed by atoms with Crippen molar-refractivity contribution in [3.8, 4) is 17.2 Å². The molecule has 0 unspecified atom stereocenters. The SMILES string of the molecule is N#Cc1c(-c2ccc3ncoc3c2)ccnc1Br. The molecule has 1 aromatic carbocycles. The zero-order valence-corrected chi connectivity index (χ0v) is 10.7. The number of benzene rings is 1. The number of aromatic nitrogens is 2. The molecular weight excluding hydrogens is 294 g/mol. The Morgan fingerprint density at radius 1 is 1.22 bits per heavy atom. The number of halogens is 1. The Kier molecular flexibility index (Phi) is 2.58. The third-order valence-electron chi connectivity index (χ3n) is 2.66. The maximum absolute atomic E-state index is 9.18. The van der Waals surface area contributed by atoms with Crippen LogP contribution in [-0.2, 0) is 0 Å². The van der Waals surface area contributed by atoms with Crippen LogP contribution in [0, 0.1) is 11.3 Å². The molecule has 86 valence electrons. The van der Waals surface area contributed by atoms with E-state index in [1.165, 1.54) is 6.39 Å². The molecule has 3 rings (SSSR count). The fourth-order valence-electron chi connectivity index (χ4n) is 1.81. The van der Waals surface area contributed by atoms with E-state index < -0.39 is 0 Å². The lowest BCUT2D eigenvalue weighted by molar-refractivity contribution is 0.602. The summed E-state index contributed by atoms with van der Waals surface area (Å²) in [5, 5.41) is 9.18. The van der Waals surface area contributed by atoms with Gasteiger partial charge in [-0.15, -0.1) is 0 Å². The maximum Gasteiger partial charge on any atom is 0.181 e. The maximum atomic E-state index is 9.18. The van der Waals surface area contributed by atoms with Crippen LogP contribution in [0.5, 0.6) is 0 Å². The highest BCUT2D eigenvalue weighted by Gasteiger charge is 2.10. The van der Waals surface area contributed by atoms with Crippen LogP contribution in [-0.4, -0.2) is 9.97 Å². The van der Waals surface area contributed by atoms with Crippen LogP contribution in [0.3, 0.4) is 0 Å². The molecule has 0 saturated heterocycles. The van der Waals surface area contributed by atoms with Gasteiger partial charge in [-0.3, -0.25) is 0 Å². The molecule has 4 nitrogen and oxygen atoms in total. The van der Waals surface area contributed by atoms with Crippen LogP contribution >= 0.6 is 15.9 Å². The number of pyridine rings is 1. The summed E-state index contributed by atoms with van der Waals surface area (Å²) in [7, 11) is 0. The highest BCUT2D eigenvalue weighted by Crippen LogP contribution is 2.29. The van der Waals surface area contributed by atoms with E-state index in [0.29, 0.717) is 15.7 Å². The fourth-order valence-corrected chi connectivity index (χ4v) is 2.23. The Bertz CT molecular complexity index is 773. The molecule has 0 atom stereocenters. The molecule has 5 heteroatoms. The molecule has 0 aliphatic rings. The minimum atomic E-state index is 0.511. The van der Waals surface area contributed by atoms with E-state index in [0.717, 1.165) is 16.6 Å². The predicted molar refractivity (Wildman–Crippen MR) is 69.7 cm³/mol. The second-order valence-corrected chi connectivity index (χ2v) is 4.42. The zero-order chi connectivity index (χ0) is 12.5. The standard InChI is InChI=1S/C13H6BrN3O/c14-13-10(6-15)9(3-4-16-13)8-1-2-11-12(5-8)18-7-17-11/h1-5,7H. The van der Waals surface area contributed by atoms with Gasteiger partial charge in [0.05, 0.1) is 5.56 Å². The Morgan fingerprint density at radius 3 is 2.94 bits per heavy atom. The van der Waals surface area contributed by atoms with Crippen LogP contribution < -0.4 is 0 Å². The van der Waals surface area contributed by atoms with Crippen molar-refractivity contribution in [2.24, 2.45) is 0 Å². The molecule has 0 bridgehead atoms. The molecule has 0 aliphatic heterocycles. The largest absolute Gasteiger partial charge is 0.443 e. The molecule has 0 fully saturated rings. The van der Waals surface area contributed by atoms with E-state index in [1.54, 1.807) is 12.3 Å². The third-order valence-corrected chi connectivity index (χ3v) is 3.26. The number of oxazole rings is 1. The highest BCUT2D eigenvalue weighted by molar-refractivity contribution is 9.10. The zero-order valence-electron chi connectivity index (χ0n) is 9.09. The van der Waals surface area contributed by atoms with Crippen LogP contribution in [0.4, 0.5) is 0 Å². The Labute approximate surface area is 111 Å². The van der Waals surface area contributed by atoms with E-state index in [4.69, 9.17) is 4.42 Å². The molecule has 0 radical (unpaired) electrons. The minimum absolute atomic E-state index is 0.511. The van der Waals surface area contributed by atoms with Crippen LogP contribution in [0.1, 0.15) is 5.56 Å². The van der Waals surface area contributed by atoms with Crippen LogP contribution in [0.2, 0.25) is 0 Å². The summed E-state index contributed by atoms with van der Waals surface area (Å²) in [5.74, 6) is 0. The van der Waals surface area contributed by atoms with Gasteiger partial charge in [-0.1, -0.05) is 6.07 Å². The first-order valence-electron chi connectivity index (χ1n) is 5.18. The van der Waals surface area contributed by atoms with Crippen molar-refractivity contribution in [2.45, 2.75) is 0 Å². The van der Waals surface area contributed by atoms with Crippen molar-refractivity contribution in [1.29, 1.82) is 5.26 Å². The lowest BCUT2D eigenvalue weighted by Gasteiger charge is -2.04. The van der Waals surface area contributed by atoms with E-state index in [9.17, 15) is 5.26 Å². The van der Waals surface area contributed by atoms with Crippen molar-refractivity contribution in [1.82, 2.24) is 9.97 Å². The van der Waals surface area contributed by atoms with E-state index >= 15 is 0 Å². The first-order chi connectivity index (χ1) is 8.79. The van der Waals surface area contributed by atoms with Gasteiger partial charge >= 0.3 is 0 Å². The van der Waals surface area contributed by atoms with Gasteiger partial charge in [0.2, 0.25) is 0 Å². The topological polar surface area (TPSA) is 62.7 Å². The summed E-state index contributed by atoms with van der Waals surface area (Å²) in [6.45, 7) is 0. The monoisotopic (exact) mass is 299 g/mol. The first kappa shape index (κ1) is 10.9. The van der Waals surface area contributed by atoms with Gasteiger partial charge in [0.25, 0.3) is 0 Å². The molecule has 3 aromatic rings. The lowest BCUT2D eigenvalue weighted by Crippen LogP contribution is -1.88. The van der Waals surface area contributed by atoms with Gasteiger partial charge in [-0.05, 0) is 39.7 Å². The Morgan fingerprint density at radius 2 is 2.11 bits per heavy atom. The summed E-state index contributed by atoms with van der Waals surface area (Å²) in [6, 6.07) is 9.60. The van der Waals surface area contributed by atoms with Gasteiger partial charge in [-0.25, -0.2) is 9.97 Å². The molecule has 0 N–H and O–H groups in total. The minimum Gasteiger partial charge on any atom is -0.443 e. The summed E-state index contributed by atoms with van der Waals surface area (Å²) < 4.78 is 5.80. The van der Waals surface area contributed by atoms with Crippen molar-refractivity contribution in [3.05, 3.63) is 47.0 Å². The van der Waals surface area contributed by atoms with Crippen molar-refractivity contribution in [3.63, 3.8) is 0 Å². The molecule has 0 amide bonds. The van der Waals surface area contributed by atoms with Gasteiger partial charge in [0, 0.05) is 11.8 Å². The van der Waals surface area contributed by atoms with E-state index in [1.807, 2.05) is 18.2 Å². The van der Waals surface area contributed by atoms with Crippen molar-refractivity contribution < 1.29 is 4.42 Å². The molecular formula is C13H6BrN3O. The molecule has 2 heterocycles. The molecule has 0 spiro atoms. The lowest BCUT2D eigenvalue weighted by atomic mass is 10.0. The Hall–Kier alpha value is -2.19. The quantitative estimate of drug-likeness (QED) is 0.645. The predicted octanol–water partition coefficient (Wildman–Crippen LogP) is 3.52. The smallest absolute Gasteiger partial charge is 0.181 e. The number of nitrogens with zero attached hydrogens (tertiary/aromatic N) is 3. The summed E-state index contributed by atoms with van der Waals surface area (Å²) in [6.07, 6.45) is 3.06. The normalized spacial score (nSPS) is 10.4. The Balaban J connectivity index is 2.26. The third kappa shape index (κ3) is 1.67. The molecule has 0 aliphatic carbocycles. The second kappa shape index (κ2) is 4.24. The van der Waals surface area contributed by atoms with Gasteiger partial charge in [-0.2, -0.15) is 5.26 Å². The average Bonchev–Trinajstić information content (AvgIpc) is 2.85. The number of hydrogen-bond donors (Lipinski definition) is 0. The number of nitriles is 1.